The lowest BCUT2D eigenvalue weighted by molar-refractivity contribution is -0.385. The van der Waals surface area contributed by atoms with Gasteiger partial charge in [0.25, 0.3) is 5.69 Å². The molecule has 0 atom stereocenters. The summed E-state index contributed by atoms with van der Waals surface area (Å²) in [5.74, 6) is -3.25. The molecule has 1 aromatic rings. The van der Waals surface area contributed by atoms with Gasteiger partial charge in [-0.25, -0.2) is 14.4 Å². The molecule has 1 aromatic carbocycles. The van der Waals surface area contributed by atoms with Gasteiger partial charge in [-0.2, -0.15) is 13.2 Å². The zero-order valence-corrected chi connectivity index (χ0v) is 16.0. The number of nitro groups is 1. The van der Waals surface area contributed by atoms with Crippen LogP contribution in [-0.4, -0.2) is 65.9 Å². The molecule has 1 fully saturated rings. The number of hydrogen-bond acceptors (Lipinski definition) is 8. The van der Waals surface area contributed by atoms with Crippen molar-refractivity contribution < 1.29 is 51.8 Å². The van der Waals surface area contributed by atoms with Crippen LogP contribution < -0.4 is 4.74 Å². The Balaban J connectivity index is 2.38. The number of carbonyl (C=O) groups excluding carboxylic acids is 2. The Morgan fingerprint density at radius 3 is 2.35 bits per heavy atom. The summed E-state index contributed by atoms with van der Waals surface area (Å²) >= 11 is 0. The maximum Gasteiger partial charge on any atom is 0.420 e. The fourth-order valence-electron chi connectivity index (χ4n) is 2.81. The molecule has 1 amide bonds. The van der Waals surface area contributed by atoms with Crippen LogP contribution in [0.15, 0.2) is 12.1 Å². The highest BCUT2D eigenvalue weighted by Gasteiger charge is 2.39. The van der Waals surface area contributed by atoms with Gasteiger partial charge in [-0.3, -0.25) is 10.1 Å². The van der Waals surface area contributed by atoms with Crippen LogP contribution in [0.1, 0.15) is 28.8 Å². The van der Waals surface area contributed by atoms with E-state index in [1.165, 1.54) is 0 Å². The van der Waals surface area contributed by atoms with Crippen molar-refractivity contribution >= 4 is 23.7 Å². The smallest absolute Gasteiger partial charge is 0.420 e. The number of benzene rings is 1. The highest BCUT2D eigenvalue weighted by atomic mass is 19.4. The number of likely N-dealkylation sites (tertiary alicyclic amines) is 1. The molecule has 31 heavy (non-hydrogen) atoms. The molecule has 0 aromatic heterocycles. The Labute approximate surface area is 172 Å². The standard InChI is InChI=1S/C17H17F3N2O9/c1-29-14(23)8-30-15(24)10-6-13(11(17(18,19)20)7-12(10)22(27)28)31-9-2-4-21(5-3-9)16(25)26/h6-7,9H,2-5,8H2,1H3,(H,25,26). The molecule has 0 bridgehead atoms. The Bertz CT molecular complexity index is 880. The molecule has 11 nitrogen and oxygen atoms in total. The van der Waals surface area contributed by atoms with E-state index in [1.54, 1.807) is 0 Å². The second-order valence-electron chi connectivity index (χ2n) is 6.36. The molecule has 0 saturated carbocycles. The number of halogens is 3. The Morgan fingerprint density at radius 1 is 1.26 bits per heavy atom. The fraction of sp³-hybridized carbons (Fsp3) is 0.471. The molecule has 1 heterocycles. The number of rotatable bonds is 6. The van der Waals surface area contributed by atoms with Gasteiger partial charge in [-0.1, -0.05) is 0 Å². The van der Waals surface area contributed by atoms with Crippen molar-refractivity contribution in [3.05, 3.63) is 33.4 Å². The second-order valence-corrected chi connectivity index (χ2v) is 6.36. The number of amides is 1. The van der Waals surface area contributed by atoms with Crippen LogP contribution in [0.5, 0.6) is 5.75 Å². The molecule has 0 unspecified atom stereocenters. The summed E-state index contributed by atoms with van der Waals surface area (Å²) < 4.78 is 54.6. The third kappa shape index (κ3) is 5.96. The van der Waals surface area contributed by atoms with Crippen molar-refractivity contribution in [3.63, 3.8) is 0 Å². The van der Waals surface area contributed by atoms with Gasteiger partial charge in [0, 0.05) is 38.1 Å². The van der Waals surface area contributed by atoms with Crippen LogP contribution in [0, 0.1) is 10.1 Å². The first kappa shape index (κ1) is 23.7. The molecule has 1 N–H and O–H groups in total. The maximum absolute atomic E-state index is 13.5. The van der Waals surface area contributed by atoms with Crippen LogP contribution in [0.4, 0.5) is 23.7 Å². The van der Waals surface area contributed by atoms with Gasteiger partial charge >= 0.3 is 24.2 Å². The number of esters is 2. The number of carbonyl (C=O) groups is 3. The van der Waals surface area contributed by atoms with Crippen molar-refractivity contribution in [1.82, 2.24) is 4.90 Å². The second kappa shape index (κ2) is 9.49. The number of hydrogen-bond donors (Lipinski definition) is 1. The predicted molar refractivity (Wildman–Crippen MR) is 93.6 cm³/mol. The summed E-state index contributed by atoms with van der Waals surface area (Å²) in [5, 5.41) is 20.2. The van der Waals surface area contributed by atoms with Crippen molar-refractivity contribution in [3.8, 4) is 5.75 Å². The van der Waals surface area contributed by atoms with E-state index < -0.39 is 64.4 Å². The van der Waals surface area contributed by atoms with E-state index in [-0.39, 0.29) is 32.0 Å². The molecular formula is C17H17F3N2O9. The first-order chi connectivity index (χ1) is 14.4. The third-order valence-corrected chi connectivity index (χ3v) is 4.37. The van der Waals surface area contributed by atoms with Crippen LogP contribution in [0.25, 0.3) is 0 Å². The van der Waals surface area contributed by atoms with Gasteiger partial charge in [0.2, 0.25) is 0 Å². The zero-order chi connectivity index (χ0) is 23.3. The van der Waals surface area contributed by atoms with E-state index in [1.807, 2.05) is 0 Å². The van der Waals surface area contributed by atoms with Gasteiger partial charge in [0.1, 0.15) is 23.0 Å². The predicted octanol–water partition coefficient (Wildman–Crippen LogP) is 2.46. The van der Waals surface area contributed by atoms with Crippen molar-refractivity contribution in [1.29, 1.82) is 0 Å². The summed E-state index contributed by atoms with van der Waals surface area (Å²) in [6, 6.07) is 0.681. The van der Waals surface area contributed by atoms with E-state index in [2.05, 4.69) is 9.47 Å². The minimum atomic E-state index is -5.05. The Morgan fingerprint density at radius 2 is 1.87 bits per heavy atom. The number of piperidine rings is 1. The molecule has 1 saturated heterocycles. The monoisotopic (exact) mass is 450 g/mol. The molecule has 0 spiro atoms. The molecule has 2 rings (SSSR count). The lowest BCUT2D eigenvalue weighted by Crippen LogP contribution is -2.41. The minimum Gasteiger partial charge on any atom is -0.490 e. The first-order valence-electron chi connectivity index (χ1n) is 8.72. The summed E-state index contributed by atoms with van der Waals surface area (Å²) in [7, 11) is 0.998. The largest absolute Gasteiger partial charge is 0.490 e. The number of ether oxygens (including phenoxy) is 3. The summed E-state index contributed by atoms with van der Waals surface area (Å²) in [6.45, 7) is -0.873. The molecule has 1 aliphatic heterocycles. The summed E-state index contributed by atoms with van der Waals surface area (Å²) in [5.41, 5.74) is -3.51. The molecule has 0 aliphatic carbocycles. The number of methoxy groups -OCH3 is 1. The van der Waals surface area contributed by atoms with E-state index in [4.69, 9.17) is 9.84 Å². The van der Waals surface area contributed by atoms with Crippen LogP contribution in [0.2, 0.25) is 0 Å². The molecule has 14 heteroatoms. The number of alkyl halides is 3. The average Bonchev–Trinajstić information content (AvgIpc) is 2.70. The molecular weight excluding hydrogens is 433 g/mol. The van der Waals surface area contributed by atoms with Gasteiger partial charge in [0.15, 0.2) is 6.61 Å². The molecule has 170 valence electrons. The summed E-state index contributed by atoms with van der Waals surface area (Å²) in [6.07, 6.45) is -6.90. The van der Waals surface area contributed by atoms with Gasteiger partial charge < -0.3 is 24.2 Å². The third-order valence-electron chi connectivity index (χ3n) is 4.37. The molecule has 0 radical (unpaired) electrons. The SMILES string of the molecule is COC(=O)COC(=O)c1cc(OC2CCN(C(=O)O)CC2)c(C(F)(F)F)cc1[N+](=O)[O-]. The highest BCUT2D eigenvalue weighted by Crippen LogP contribution is 2.41. The van der Waals surface area contributed by atoms with Gasteiger partial charge in [-0.05, 0) is 0 Å². The van der Waals surface area contributed by atoms with E-state index in [0.717, 1.165) is 12.0 Å². The van der Waals surface area contributed by atoms with E-state index >= 15 is 0 Å². The number of nitrogens with zero attached hydrogens (tertiary/aromatic N) is 2. The Kier molecular flexibility index (Phi) is 7.25. The lowest BCUT2D eigenvalue weighted by Gasteiger charge is -2.31. The van der Waals surface area contributed by atoms with Crippen LogP contribution in [-0.2, 0) is 20.4 Å². The van der Waals surface area contributed by atoms with Crippen LogP contribution >= 0.6 is 0 Å². The van der Waals surface area contributed by atoms with E-state index in [9.17, 15) is 37.7 Å². The first-order valence-corrected chi connectivity index (χ1v) is 8.72. The quantitative estimate of drug-likeness (QED) is 0.392. The highest BCUT2D eigenvalue weighted by molar-refractivity contribution is 5.95. The summed E-state index contributed by atoms with van der Waals surface area (Å²) in [4.78, 5) is 45.3. The minimum absolute atomic E-state index is 0.0162. The van der Waals surface area contributed by atoms with Crippen molar-refractivity contribution in [2.24, 2.45) is 0 Å². The Hall–Kier alpha value is -3.58. The maximum atomic E-state index is 13.5. The van der Waals surface area contributed by atoms with Gasteiger partial charge in [0.05, 0.1) is 12.0 Å². The molecule has 1 aliphatic rings. The number of carboxylic acid groups (broad SMARTS) is 1. The lowest BCUT2D eigenvalue weighted by atomic mass is 10.1. The topological polar surface area (TPSA) is 146 Å². The van der Waals surface area contributed by atoms with Crippen LogP contribution in [0.3, 0.4) is 0 Å². The number of nitro benzene ring substituents is 1. The van der Waals surface area contributed by atoms with Crippen molar-refractivity contribution in [2.45, 2.75) is 25.1 Å². The average molecular weight is 450 g/mol. The fourth-order valence-corrected chi connectivity index (χ4v) is 2.81. The van der Waals surface area contributed by atoms with Gasteiger partial charge in [-0.15, -0.1) is 0 Å². The normalized spacial score (nSPS) is 14.6. The van der Waals surface area contributed by atoms with E-state index in [0.29, 0.717) is 6.07 Å². The van der Waals surface area contributed by atoms with Crippen molar-refractivity contribution in [2.75, 3.05) is 26.8 Å². The zero-order valence-electron chi connectivity index (χ0n) is 16.0.